The van der Waals surface area contributed by atoms with Gasteiger partial charge in [0.1, 0.15) is 11.9 Å². The van der Waals surface area contributed by atoms with Gasteiger partial charge in [0.05, 0.1) is 18.0 Å². The molecule has 5 nitrogen and oxygen atoms in total. The molecule has 1 atom stereocenters. The van der Waals surface area contributed by atoms with Crippen molar-refractivity contribution in [1.29, 1.82) is 0 Å². The number of carbonyl (C=O) groups excluding carboxylic acids is 2. The maximum atomic E-state index is 11.7. The van der Waals surface area contributed by atoms with Gasteiger partial charge < -0.3 is 9.72 Å². The molecule has 3 aromatic rings. The number of ether oxygens (including phenoxy) is 1. The first kappa shape index (κ1) is 16.7. The van der Waals surface area contributed by atoms with Crippen LogP contribution in [-0.4, -0.2) is 26.8 Å². The van der Waals surface area contributed by atoms with Crippen molar-refractivity contribution in [3.8, 4) is 5.75 Å². The topological polar surface area (TPSA) is 62.4 Å². The standard InChI is InChI=1S/C20H18N2O3S/c1-13(18-10-15-4-2-3-5-17(15)21-18)25-16-8-6-14(7-9-16)11-22-19(23)12-26-20(22)24/h2-10,13,21H,11-12H2,1H3. The number of rotatable bonds is 5. The van der Waals surface area contributed by atoms with Gasteiger partial charge in [0.25, 0.3) is 5.24 Å². The maximum absolute atomic E-state index is 11.7. The molecule has 0 bridgehead atoms. The van der Waals surface area contributed by atoms with E-state index in [-0.39, 0.29) is 23.0 Å². The average Bonchev–Trinajstić information content (AvgIpc) is 3.22. The molecule has 1 aliphatic rings. The highest BCUT2D eigenvalue weighted by atomic mass is 32.2. The zero-order chi connectivity index (χ0) is 18.1. The number of para-hydroxylation sites is 1. The Balaban J connectivity index is 1.43. The molecule has 2 amide bonds. The molecule has 26 heavy (non-hydrogen) atoms. The van der Waals surface area contributed by atoms with Gasteiger partial charge in [0.15, 0.2) is 0 Å². The van der Waals surface area contributed by atoms with Crippen LogP contribution in [0.5, 0.6) is 5.75 Å². The van der Waals surface area contributed by atoms with Gasteiger partial charge in [-0.1, -0.05) is 42.1 Å². The quantitative estimate of drug-likeness (QED) is 0.722. The number of fused-ring (bicyclic) bond motifs is 1. The molecule has 0 saturated carbocycles. The second-order valence-corrected chi connectivity index (χ2v) is 7.18. The van der Waals surface area contributed by atoms with Crippen molar-refractivity contribution in [3.63, 3.8) is 0 Å². The third kappa shape index (κ3) is 3.32. The van der Waals surface area contributed by atoms with Crippen LogP contribution in [0.3, 0.4) is 0 Å². The summed E-state index contributed by atoms with van der Waals surface area (Å²) in [6.07, 6.45) is -0.119. The fourth-order valence-corrected chi connectivity index (χ4v) is 3.70. The molecule has 2 heterocycles. The molecule has 1 saturated heterocycles. The number of nitrogens with one attached hydrogen (secondary N) is 1. The van der Waals surface area contributed by atoms with Gasteiger partial charge in [-0.3, -0.25) is 14.5 Å². The van der Waals surface area contributed by atoms with Crippen molar-refractivity contribution >= 4 is 33.8 Å². The Bertz CT molecular complexity index is 916. The van der Waals surface area contributed by atoms with Crippen LogP contribution in [0, 0.1) is 0 Å². The number of hydrogen-bond acceptors (Lipinski definition) is 4. The van der Waals surface area contributed by atoms with Gasteiger partial charge in [-0.25, -0.2) is 0 Å². The Kier molecular flexibility index (Phi) is 4.42. The maximum Gasteiger partial charge on any atom is 0.289 e. The predicted molar refractivity (Wildman–Crippen MR) is 102 cm³/mol. The average molecular weight is 366 g/mol. The highest BCUT2D eigenvalue weighted by molar-refractivity contribution is 8.14. The molecular formula is C20H18N2O3S. The van der Waals surface area contributed by atoms with Crippen LogP contribution in [0.4, 0.5) is 4.79 Å². The van der Waals surface area contributed by atoms with Gasteiger partial charge in [-0.15, -0.1) is 0 Å². The summed E-state index contributed by atoms with van der Waals surface area (Å²) in [5.74, 6) is 0.850. The molecule has 2 aromatic carbocycles. The van der Waals surface area contributed by atoms with E-state index in [1.807, 2.05) is 49.4 Å². The number of aromatic amines is 1. The van der Waals surface area contributed by atoms with Crippen LogP contribution in [0.1, 0.15) is 24.3 Å². The zero-order valence-electron chi connectivity index (χ0n) is 14.3. The van der Waals surface area contributed by atoms with Crippen LogP contribution in [0.2, 0.25) is 0 Å². The number of aromatic nitrogens is 1. The van der Waals surface area contributed by atoms with Gasteiger partial charge in [0.2, 0.25) is 5.91 Å². The second-order valence-electron chi connectivity index (χ2n) is 6.25. The van der Waals surface area contributed by atoms with Crippen molar-refractivity contribution in [2.24, 2.45) is 0 Å². The number of carbonyl (C=O) groups is 2. The van der Waals surface area contributed by atoms with E-state index in [1.54, 1.807) is 0 Å². The summed E-state index contributed by atoms with van der Waals surface area (Å²) < 4.78 is 6.01. The smallest absolute Gasteiger partial charge is 0.289 e. The third-order valence-electron chi connectivity index (χ3n) is 4.41. The number of amides is 2. The highest BCUT2D eigenvalue weighted by Crippen LogP contribution is 2.26. The number of imide groups is 1. The van der Waals surface area contributed by atoms with Gasteiger partial charge in [-0.05, 0) is 42.1 Å². The molecule has 1 unspecified atom stereocenters. The van der Waals surface area contributed by atoms with E-state index in [9.17, 15) is 9.59 Å². The van der Waals surface area contributed by atoms with Gasteiger partial charge >= 0.3 is 0 Å². The van der Waals surface area contributed by atoms with Crippen LogP contribution in [0.15, 0.2) is 54.6 Å². The van der Waals surface area contributed by atoms with Crippen LogP contribution in [-0.2, 0) is 11.3 Å². The minimum Gasteiger partial charge on any atom is -0.485 e. The minimum absolute atomic E-state index is 0.119. The fraction of sp³-hybridized carbons (Fsp3) is 0.200. The Morgan fingerprint density at radius 1 is 1.15 bits per heavy atom. The molecule has 0 radical (unpaired) electrons. The van der Waals surface area contributed by atoms with Crippen LogP contribution in [0.25, 0.3) is 10.9 Å². The minimum atomic E-state index is -0.178. The normalized spacial score (nSPS) is 15.7. The van der Waals surface area contributed by atoms with Crippen LogP contribution < -0.4 is 4.74 Å². The summed E-state index contributed by atoms with van der Waals surface area (Å²) in [4.78, 5) is 28.0. The summed E-state index contributed by atoms with van der Waals surface area (Å²) in [6, 6.07) is 17.7. The van der Waals surface area contributed by atoms with Crippen LogP contribution >= 0.6 is 11.8 Å². The number of nitrogens with zero attached hydrogens (tertiary/aromatic N) is 1. The Morgan fingerprint density at radius 3 is 2.62 bits per heavy atom. The predicted octanol–water partition coefficient (Wildman–Crippen LogP) is 4.50. The molecule has 4 rings (SSSR count). The van der Waals surface area contributed by atoms with Gasteiger partial charge in [-0.2, -0.15) is 0 Å². The Hall–Kier alpha value is -2.73. The van der Waals surface area contributed by atoms with E-state index < -0.39 is 0 Å². The fourth-order valence-electron chi connectivity index (χ4n) is 2.97. The molecule has 1 aromatic heterocycles. The van der Waals surface area contributed by atoms with E-state index in [0.717, 1.165) is 39.7 Å². The highest BCUT2D eigenvalue weighted by Gasteiger charge is 2.29. The first-order chi connectivity index (χ1) is 12.6. The van der Waals surface area contributed by atoms with E-state index in [4.69, 9.17) is 4.74 Å². The first-order valence-corrected chi connectivity index (χ1v) is 9.39. The second kappa shape index (κ2) is 6.88. The van der Waals surface area contributed by atoms with E-state index in [1.165, 1.54) is 4.90 Å². The molecule has 0 spiro atoms. The number of hydrogen-bond donors (Lipinski definition) is 1. The van der Waals surface area contributed by atoms with Crippen molar-refractivity contribution in [2.75, 3.05) is 5.75 Å². The molecule has 1 N–H and O–H groups in total. The van der Waals surface area contributed by atoms with E-state index in [2.05, 4.69) is 17.1 Å². The summed E-state index contributed by atoms with van der Waals surface area (Å²) in [7, 11) is 0. The monoisotopic (exact) mass is 366 g/mol. The van der Waals surface area contributed by atoms with Crippen molar-refractivity contribution in [2.45, 2.75) is 19.6 Å². The molecule has 1 fully saturated rings. The summed E-state index contributed by atoms with van der Waals surface area (Å²) >= 11 is 1.05. The Morgan fingerprint density at radius 2 is 1.92 bits per heavy atom. The van der Waals surface area contributed by atoms with Crippen molar-refractivity contribution in [3.05, 3.63) is 65.9 Å². The first-order valence-electron chi connectivity index (χ1n) is 8.40. The lowest BCUT2D eigenvalue weighted by Gasteiger charge is -2.15. The van der Waals surface area contributed by atoms with Crippen molar-refractivity contribution in [1.82, 2.24) is 9.88 Å². The summed E-state index contributed by atoms with van der Waals surface area (Å²) in [5.41, 5.74) is 3.01. The molecule has 0 aliphatic carbocycles. The summed E-state index contributed by atoms with van der Waals surface area (Å²) in [5, 5.41) is 0.980. The van der Waals surface area contributed by atoms with Gasteiger partial charge in [0, 0.05) is 5.52 Å². The lowest BCUT2D eigenvalue weighted by atomic mass is 10.2. The lowest BCUT2D eigenvalue weighted by molar-refractivity contribution is -0.125. The molecular weight excluding hydrogens is 348 g/mol. The zero-order valence-corrected chi connectivity index (χ0v) is 15.1. The molecule has 6 heteroatoms. The van der Waals surface area contributed by atoms with E-state index in [0.29, 0.717) is 6.54 Å². The number of thioether (sulfide) groups is 1. The SMILES string of the molecule is CC(Oc1ccc(CN2C(=O)CSC2=O)cc1)c1cc2ccccc2[nH]1. The molecule has 132 valence electrons. The van der Waals surface area contributed by atoms with E-state index >= 15 is 0 Å². The summed E-state index contributed by atoms with van der Waals surface area (Å²) in [6.45, 7) is 2.31. The Labute approximate surface area is 155 Å². The third-order valence-corrected chi connectivity index (χ3v) is 5.26. The van der Waals surface area contributed by atoms with Crippen molar-refractivity contribution < 1.29 is 14.3 Å². The largest absolute Gasteiger partial charge is 0.485 e. The molecule has 1 aliphatic heterocycles. The number of H-pyrrole nitrogens is 1. The lowest BCUT2D eigenvalue weighted by Crippen LogP contribution is -2.27. The number of benzene rings is 2.